The normalized spacial score (nSPS) is 26.2. The van der Waals surface area contributed by atoms with Crippen molar-refractivity contribution in [2.45, 2.75) is 18.9 Å². The Labute approximate surface area is 137 Å². The number of rotatable bonds is 3. The molecule has 7 heteroatoms. The first kappa shape index (κ1) is 14.7. The fraction of sp³-hybridized carbons (Fsp3) is 0.438. The highest BCUT2D eigenvalue weighted by atomic mass is 32.1. The van der Waals surface area contributed by atoms with Crippen LogP contribution in [0.3, 0.4) is 0 Å². The average molecular weight is 332 g/mol. The fourth-order valence-corrected chi connectivity index (χ4v) is 4.22. The summed E-state index contributed by atoms with van der Waals surface area (Å²) in [5.41, 5.74) is 0.643. The number of nitrogens with one attached hydrogen (secondary N) is 1. The first-order valence-corrected chi connectivity index (χ1v) is 8.60. The number of halogens is 1. The number of piperidine rings is 3. The van der Waals surface area contributed by atoms with Crippen molar-refractivity contribution in [2.75, 3.05) is 19.6 Å². The SMILES string of the molecule is O=C(NC1CN2CCC1CC2)c1ncc(-c2cncc(F)c2)s1. The van der Waals surface area contributed by atoms with Gasteiger partial charge in [0.15, 0.2) is 5.01 Å². The molecular formula is C16H17FN4OS. The van der Waals surface area contributed by atoms with E-state index in [1.807, 2.05) is 0 Å². The molecule has 23 heavy (non-hydrogen) atoms. The van der Waals surface area contributed by atoms with E-state index >= 15 is 0 Å². The van der Waals surface area contributed by atoms with Gasteiger partial charge in [-0.25, -0.2) is 9.37 Å². The molecule has 2 bridgehead atoms. The highest BCUT2D eigenvalue weighted by Gasteiger charge is 2.35. The molecule has 3 aliphatic rings. The largest absolute Gasteiger partial charge is 0.346 e. The second-order valence-corrected chi connectivity index (χ2v) is 7.17. The lowest BCUT2D eigenvalue weighted by atomic mass is 9.84. The number of carbonyl (C=O) groups excluding carboxylic acids is 1. The van der Waals surface area contributed by atoms with Crippen molar-refractivity contribution in [3.05, 3.63) is 35.5 Å². The summed E-state index contributed by atoms with van der Waals surface area (Å²) in [6.07, 6.45) is 6.65. The van der Waals surface area contributed by atoms with E-state index in [2.05, 4.69) is 20.2 Å². The lowest BCUT2D eigenvalue weighted by molar-refractivity contribution is 0.0620. The molecule has 2 aromatic heterocycles. The Bertz CT molecular complexity index is 726. The molecule has 3 saturated heterocycles. The Morgan fingerprint density at radius 3 is 2.83 bits per heavy atom. The summed E-state index contributed by atoms with van der Waals surface area (Å²) in [6, 6.07) is 1.61. The van der Waals surface area contributed by atoms with Crippen LogP contribution in [0.4, 0.5) is 4.39 Å². The van der Waals surface area contributed by atoms with Crippen molar-refractivity contribution >= 4 is 17.2 Å². The summed E-state index contributed by atoms with van der Waals surface area (Å²) in [5.74, 6) is 0.0503. The van der Waals surface area contributed by atoms with Crippen molar-refractivity contribution in [1.82, 2.24) is 20.2 Å². The van der Waals surface area contributed by atoms with Gasteiger partial charge >= 0.3 is 0 Å². The lowest BCUT2D eigenvalue weighted by Crippen LogP contribution is -2.57. The predicted molar refractivity (Wildman–Crippen MR) is 85.7 cm³/mol. The molecule has 3 fully saturated rings. The Morgan fingerprint density at radius 2 is 2.13 bits per heavy atom. The molecule has 0 saturated carbocycles. The van der Waals surface area contributed by atoms with Gasteiger partial charge in [0.2, 0.25) is 0 Å². The summed E-state index contributed by atoms with van der Waals surface area (Å²) < 4.78 is 13.3. The molecule has 0 radical (unpaired) electrons. The van der Waals surface area contributed by atoms with Crippen LogP contribution in [0.2, 0.25) is 0 Å². The first-order valence-electron chi connectivity index (χ1n) is 7.79. The van der Waals surface area contributed by atoms with Crippen molar-refractivity contribution in [3.63, 3.8) is 0 Å². The van der Waals surface area contributed by atoms with Crippen molar-refractivity contribution < 1.29 is 9.18 Å². The van der Waals surface area contributed by atoms with E-state index in [1.54, 1.807) is 12.4 Å². The van der Waals surface area contributed by atoms with Gasteiger partial charge in [-0.3, -0.25) is 9.78 Å². The number of hydrogen-bond acceptors (Lipinski definition) is 5. The quantitative estimate of drug-likeness (QED) is 0.936. The van der Waals surface area contributed by atoms with Gasteiger partial charge in [-0.1, -0.05) is 0 Å². The van der Waals surface area contributed by atoms with E-state index in [-0.39, 0.29) is 11.9 Å². The molecular weight excluding hydrogens is 315 g/mol. The van der Waals surface area contributed by atoms with Gasteiger partial charge in [0.25, 0.3) is 5.91 Å². The third-order valence-electron chi connectivity index (χ3n) is 4.66. The summed E-state index contributed by atoms with van der Waals surface area (Å²) in [6.45, 7) is 3.22. The highest BCUT2D eigenvalue weighted by molar-refractivity contribution is 7.16. The number of nitrogens with zero attached hydrogens (tertiary/aromatic N) is 3. The maximum atomic E-state index is 13.3. The topological polar surface area (TPSA) is 58.1 Å². The number of pyridine rings is 1. The summed E-state index contributed by atoms with van der Waals surface area (Å²) in [4.78, 5) is 23.6. The van der Waals surface area contributed by atoms with Gasteiger partial charge in [-0.2, -0.15) is 0 Å². The molecule has 5 rings (SSSR count). The minimum atomic E-state index is -0.394. The molecule has 120 valence electrons. The van der Waals surface area contributed by atoms with Crippen LogP contribution in [0.25, 0.3) is 10.4 Å². The second-order valence-electron chi connectivity index (χ2n) is 6.14. The molecule has 1 N–H and O–H groups in total. The smallest absolute Gasteiger partial charge is 0.280 e. The first-order chi connectivity index (χ1) is 11.2. The van der Waals surface area contributed by atoms with E-state index in [0.717, 1.165) is 43.5 Å². The van der Waals surface area contributed by atoms with Crippen LogP contribution >= 0.6 is 11.3 Å². The molecule has 1 atom stereocenters. The predicted octanol–water partition coefficient (Wildman–Crippen LogP) is 2.17. The van der Waals surface area contributed by atoms with Gasteiger partial charge in [0, 0.05) is 30.5 Å². The lowest BCUT2D eigenvalue weighted by Gasteiger charge is -2.44. The van der Waals surface area contributed by atoms with Crippen molar-refractivity contribution in [3.8, 4) is 10.4 Å². The van der Waals surface area contributed by atoms with E-state index < -0.39 is 5.82 Å². The molecule has 0 spiro atoms. The Morgan fingerprint density at radius 1 is 1.30 bits per heavy atom. The van der Waals surface area contributed by atoms with Crippen LogP contribution in [-0.2, 0) is 0 Å². The molecule has 0 aromatic carbocycles. The van der Waals surface area contributed by atoms with E-state index in [4.69, 9.17) is 0 Å². The molecule has 1 unspecified atom stereocenters. The number of fused-ring (bicyclic) bond motifs is 3. The molecule has 5 heterocycles. The summed E-state index contributed by atoms with van der Waals surface area (Å²) >= 11 is 1.27. The number of hydrogen-bond donors (Lipinski definition) is 1. The Balaban J connectivity index is 1.47. The third-order valence-corrected chi connectivity index (χ3v) is 5.71. The van der Waals surface area contributed by atoms with Crippen LogP contribution in [0, 0.1) is 11.7 Å². The standard InChI is InChI=1S/C16H17FN4OS/c17-12-5-11(6-18-7-12)14-8-19-16(23-14)15(22)20-13-9-21-3-1-10(13)2-4-21/h5-8,10,13H,1-4,9H2,(H,20,22). The Hall–Kier alpha value is -1.86. The number of amides is 1. The maximum Gasteiger partial charge on any atom is 0.280 e. The Kier molecular flexibility index (Phi) is 3.82. The van der Waals surface area contributed by atoms with Crippen LogP contribution in [0.5, 0.6) is 0 Å². The van der Waals surface area contributed by atoms with Gasteiger partial charge in [0.1, 0.15) is 5.82 Å². The van der Waals surface area contributed by atoms with Gasteiger partial charge < -0.3 is 10.2 Å². The van der Waals surface area contributed by atoms with Gasteiger partial charge in [-0.15, -0.1) is 11.3 Å². The highest BCUT2D eigenvalue weighted by Crippen LogP contribution is 2.29. The average Bonchev–Trinajstić information content (AvgIpc) is 3.06. The zero-order valence-corrected chi connectivity index (χ0v) is 13.4. The number of carbonyl (C=O) groups is 1. The minimum Gasteiger partial charge on any atom is -0.346 e. The monoisotopic (exact) mass is 332 g/mol. The van der Waals surface area contributed by atoms with Crippen LogP contribution in [0.15, 0.2) is 24.7 Å². The molecule has 0 aliphatic carbocycles. The van der Waals surface area contributed by atoms with Crippen LogP contribution < -0.4 is 5.32 Å². The third kappa shape index (κ3) is 2.98. The molecule has 2 aromatic rings. The van der Waals surface area contributed by atoms with Crippen molar-refractivity contribution in [2.24, 2.45) is 5.92 Å². The molecule has 5 nitrogen and oxygen atoms in total. The second kappa shape index (κ2) is 5.98. The number of thiazole rings is 1. The summed E-state index contributed by atoms with van der Waals surface area (Å²) in [7, 11) is 0. The van der Waals surface area contributed by atoms with E-state index in [0.29, 0.717) is 16.5 Å². The minimum absolute atomic E-state index is 0.135. The fourth-order valence-electron chi connectivity index (χ4n) is 3.42. The van der Waals surface area contributed by atoms with E-state index in [1.165, 1.54) is 17.4 Å². The molecule has 3 aliphatic heterocycles. The number of aromatic nitrogens is 2. The molecule has 1 amide bonds. The zero-order valence-electron chi connectivity index (χ0n) is 12.5. The van der Waals surface area contributed by atoms with Crippen LogP contribution in [-0.4, -0.2) is 46.5 Å². The maximum absolute atomic E-state index is 13.3. The van der Waals surface area contributed by atoms with Gasteiger partial charge in [0.05, 0.1) is 11.1 Å². The van der Waals surface area contributed by atoms with Crippen LogP contribution in [0.1, 0.15) is 22.6 Å². The van der Waals surface area contributed by atoms with Gasteiger partial charge in [-0.05, 0) is 37.9 Å². The van der Waals surface area contributed by atoms with E-state index in [9.17, 15) is 9.18 Å². The summed E-state index contributed by atoms with van der Waals surface area (Å²) in [5, 5.41) is 3.54. The van der Waals surface area contributed by atoms with Crippen molar-refractivity contribution in [1.29, 1.82) is 0 Å². The zero-order chi connectivity index (χ0) is 15.8.